The number of hydrogen-bond donors (Lipinski definition) is 2. The van der Waals surface area contributed by atoms with Crippen molar-refractivity contribution in [1.29, 1.82) is 0 Å². The molecule has 0 aromatic heterocycles. The van der Waals surface area contributed by atoms with Crippen molar-refractivity contribution in [3.05, 3.63) is 11.6 Å². The maximum atomic E-state index is 12.6. The van der Waals surface area contributed by atoms with Gasteiger partial charge in [0.05, 0.1) is 0 Å². The Hall–Kier alpha value is -1.70. The number of amides is 2. The minimum Gasteiger partial charge on any atom is -0.396 e. The molecule has 1 atom stereocenters. The van der Waals surface area contributed by atoms with Crippen molar-refractivity contribution in [2.45, 2.75) is 19.0 Å². The van der Waals surface area contributed by atoms with Gasteiger partial charge >= 0.3 is 6.18 Å². The number of rotatable bonds is 4. The number of carbonyl (C=O) groups excluding carboxylic acids is 2. The fourth-order valence-electron chi connectivity index (χ4n) is 1.52. The van der Waals surface area contributed by atoms with Crippen LogP contribution in [-0.2, 0) is 9.59 Å². The standard InChI is InChI=1S/C10H11F3N2O3/c11-10(12,13)7-5(2-1-3-16)4-6(8(14)17)9(18)15-7/h4,6,16H,1-3H2,(H2,14,17). The summed E-state index contributed by atoms with van der Waals surface area (Å²) in [4.78, 5) is 25.0. The molecule has 0 saturated carbocycles. The highest BCUT2D eigenvalue weighted by molar-refractivity contribution is 6.16. The molecule has 3 N–H and O–H groups in total. The molecule has 1 aliphatic heterocycles. The predicted octanol–water partition coefficient (Wildman–Crippen LogP) is 0.330. The maximum absolute atomic E-state index is 12.6. The summed E-state index contributed by atoms with van der Waals surface area (Å²) in [6.07, 6.45) is -3.97. The van der Waals surface area contributed by atoms with E-state index in [9.17, 15) is 22.8 Å². The van der Waals surface area contributed by atoms with E-state index in [2.05, 4.69) is 4.99 Å². The Morgan fingerprint density at radius 3 is 2.56 bits per heavy atom. The second-order valence-electron chi connectivity index (χ2n) is 3.70. The first-order chi connectivity index (χ1) is 8.27. The van der Waals surface area contributed by atoms with Crippen LogP contribution in [0.1, 0.15) is 12.8 Å². The molecular formula is C10H11F3N2O3. The zero-order valence-electron chi connectivity index (χ0n) is 9.20. The summed E-state index contributed by atoms with van der Waals surface area (Å²) in [5, 5.41) is 8.61. The smallest absolute Gasteiger partial charge is 0.396 e. The molecule has 1 unspecified atom stereocenters. The Morgan fingerprint density at radius 1 is 1.50 bits per heavy atom. The van der Waals surface area contributed by atoms with Crippen LogP contribution in [-0.4, -0.2) is 35.4 Å². The summed E-state index contributed by atoms with van der Waals surface area (Å²) >= 11 is 0. The van der Waals surface area contributed by atoms with Crippen LogP contribution in [0.25, 0.3) is 0 Å². The van der Waals surface area contributed by atoms with E-state index >= 15 is 0 Å². The van der Waals surface area contributed by atoms with Gasteiger partial charge in [-0.05, 0) is 18.4 Å². The summed E-state index contributed by atoms with van der Waals surface area (Å²) < 4.78 is 37.9. The van der Waals surface area contributed by atoms with Gasteiger partial charge in [0.1, 0.15) is 5.92 Å². The summed E-state index contributed by atoms with van der Waals surface area (Å²) in [5.74, 6) is -3.74. The minimum absolute atomic E-state index is 0.0700. The Kier molecular flexibility index (Phi) is 4.23. The van der Waals surface area contributed by atoms with Crippen LogP contribution in [0.2, 0.25) is 0 Å². The summed E-state index contributed by atoms with van der Waals surface area (Å²) in [5.41, 5.74) is 3.29. The van der Waals surface area contributed by atoms with Crippen LogP contribution < -0.4 is 5.73 Å². The largest absolute Gasteiger partial charge is 0.433 e. The van der Waals surface area contributed by atoms with Crippen LogP contribution in [0.4, 0.5) is 13.2 Å². The monoisotopic (exact) mass is 264 g/mol. The lowest BCUT2D eigenvalue weighted by molar-refractivity contribution is -0.130. The van der Waals surface area contributed by atoms with Gasteiger partial charge in [-0.2, -0.15) is 13.2 Å². The van der Waals surface area contributed by atoms with Crippen LogP contribution in [0.5, 0.6) is 0 Å². The van der Waals surface area contributed by atoms with Gasteiger partial charge in [0.15, 0.2) is 5.71 Å². The molecule has 1 aliphatic rings. The molecule has 0 radical (unpaired) electrons. The predicted molar refractivity (Wildman–Crippen MR) is 55.6 cm³/mol. The van der Waals surface area contributed by atoms with Gasteiger partial charge in [-0.3, -0.25) is 9.59 Å². The van der Waals surface area contributed by atoms with Gasteiger partial charge in [0, 0.05) is 6.61 Å². The number of dihydropyridines is 1. The molecule has 18 heavy (non-hydrogen) atoms. The zero-order chi connectivity index (χ0) is 13.9. The van der Waals surface area contributed by atoms with Crippen LogP contribution in [0.15, 0.2) is 16.6 Å². The van der Waals surface area contributed by atoms with E-state index in [1.54, 1.807) is 0 Å². The number of halogens is 3. The van der Waals surface area contributed by atoms with Crippen molar-refractivity contribution in [2.75, 3.05) is 6.61 Å². The number of aliphatic imine (C=N–C) groups is 1. The highest BCUT2D eigenvalue weighted by Crippen LogP contribution is 2.29. The first kappa shape index (κ1) is 14.4. The molecule has 5 nitrogen and oxygen atoms in total. The van der Waals surface area contributed by atoms with E-state index < -0.39 is 29.6 Å². The normalized spacial score (nSPS) is 20.4. The number of alkyl halides is 3. The lowest BCUT2D eigenvalue weighted by Crippen LogP contribution is -2.36. The van der Waals surface area contributed by atoms with Crippen molar-refractivity contribution in [3.63, 3.8) is 0 Å². The maximum Gasteiger partial charge on any atom is 0.433 e. The van der Waals surface area contributed by atoms with Gasteiger partial charge in [0.2, 0.25) is 5.91 Å². The molecule has 0 saturated heterocycles. The van der Waals surface area contributed by atoms with E-state index in [4.69, 9.17) is 10.8 Å². The van der Waals surface area contributed by atoms with Crippen molar-refractivity contribution in [2.24, 2.45) is 16.6 Å². The van der Waals surface area contributed by atoms with Crippen molar-refractivity contribution in [3.8, 4) is 0 Å². The third kappa shape index (κ3) is 3.16. The topological polar surface area (TPSA) is 92.8 Å². The quantitative estimate of drug-likeness (QED) is 0.716. The fourth-order valence-corrected chi connectivity index (χ4v) is 1.52. The number of aliphatic hydroxyl groups is 1. The summed E-state index contributed by atoms with van der Waals surface area (Å²) in [6, 6.07) is 0. The Bertz CT molecular complexity index is 427. The number of hydrogen-bond acceptors (Lipinski definition) is 3. The van der Waals surface area contributed by atoms with E-state index in [-0.39, 0.29) is 25.0 Å². The zero-order valence-corrected chi connectivity index (χ0v) is 9.20. The van der Waals surface area contributed by atoms with Crippen molar-refractivity contribution >= 4 is 17.5 Å². The van der Waals surface area contributed by atoms with Gasteiger partial charge in [0.25, 0.3) is 5.91 Å². The van der Waals surface area contributed by atoms with Gasteiger partial charge in [-0.15, -0.1) is 0 Å². The molecule has 0 fully saturated rings. The number of allylic oxidation sites excluding steroid dienone is 1. The molecule has 100 valence electrons. The Balaban J connectivity index is 3.10. The SMILES string of the molecule is NC(=O)C1C=C(CCCO)C(C(F)(F)F)=NC1=O. The molecule has 0 spiro atoms. The summed E-state index contributed by atoms with van der Waals surface area (Å²) in [7, 11) is 0. The minimum atomic E-state index is -4.78. The molecule has 0 aromatic rings. The Morgan fingerprint density at radius 2 is 2.11 bits per heavy atom. The van der Waals surface area contributed by atoms with E-state index in [0.717, 1.165) is 6.08 Å². The summed E-state index contributed by atoms with van der Waals surface area (Å²) in [6.45, 7) is -0.308. The average Bonchev–Trinajstić information content (AvgIpc) is 2.25. The number of primary amides is 1. The first-order valence-electron chi connectivity index (χ1n) is 5.08. The molecule has 0 aliphatic carbocycles. The third-order valence-corrected chi connectivity index (χ3v) is 2.34. The van der Waals surface area contributed by atoms with Crippen molar-refractivity contribution in [1.82, 2.24) is 0 Å². The first-order valence-corrected chi connectivity index (χ1v) is 5.08. The molecule has 8 heteroatoms. The third-order valence-electron chi connectivity index (χ3n) is 2.34. The Labute approximate surface area is 100 Å². The van der Waals surface area contributed by atoms with E-state index in [1.165, 1.54) is 0 Å². The second-order valence-corrected chi connectivity index (χ2v) is 3.70. The molecule has 1 rings (SSSR count). The van der Waals surface area contributed by atoms with Gasteiger partial charge in [-0.1, -0.05) is 6.08 Å². The highest BCUT2D eigenvalue weighted by atomic mass is 19.4. The van der Waals surface area contributed by atoms with Crippen LogP contribution in [0, 0.1) is 5.92 Å². The van der Waals surface area contributed by atoms with Gasteiger partial charge in [-0.25, -0.2) is 4.99 Å². The lowest BCUT2D eigenvalue weighted by Gasteiger charge is -2.19. The van der Waals surface area contributed by atoms with Crippen LogP contribution >= 0.6 is 0 Å². The molecular weight excluding hydrogens is 253 g/mol. The molecule has 2 amide bonds. The average molecular weight is 264 g/mol. The second kappa shape index (κ2) is 5.30. The molecule has 1 heterocycles. The molecule has 0 aromatic carbocycles. The van der Waals surface area contributed by atoms with E-state index in [1.807, 2.05) is 0 Å². The number of nitrogens with two attached hydrogens (primary N) is 1. The van der Waals surface area contributed by atoms with Crippen molar-refractivity contribution < 1.29 is 27.9 Å². The number of aliphatic hydroxyl groups excluding tert-OH is 1. The number of nitrogens with zero attached hydrogens (tertiary/aromatic N) is 1. The number of carbonyl (C=O) groups is 2. The highest BCUT2D eigenvalue weighted by Gasteiger charge is 2.42. The van der Waals surface area contributed by atoms with Crippen LogP contribution in [0.3, 0.4) is 0 Å². The fraction of sp³-hybridized carbons (Fsp3) is 0.500. The lowest BCUT2D eigenvalue weighted by atomic mass is 9.94. The molecule has 0 bridgehead atoms. The van der Waals surface area contributed by atoms with E-state index in [0.29, 0.717) is 0 Å². The van der Waals surface area contributed by atoms with Gasteiger partial charge < -0.3 is 10.8 Å².